The minimum atomic E-state index is -4.51. The van der Waals surface area contributed by atoms with Crippen LogP contribution in [0.15, 0.2) is 18.3 Å². The Labute approximate surface area is 101 Å². The molecule has 0 aliphatic heterocycles. The van der Waals surface area contributed by atoms with E-state index in [9.17, 15) is 23.1 Å². The van der Waals surface area contributed by atoms with Crippen molar-refractivity contribution in [3.63, 3.8) is 0 Å². The largest absolute Gasteiger partial charge is 0.481 e. The number of rotatable bonds is 5. The van der Waals surface area contributed by atoms with Crippen LogP contribution in [0.4, 0.5) is 13.2 Å². The van der Waals surface area contributed by atoms with Gasteiger partial charge in [-0.05, 0) is 24.5 Å². The van der Waals surface area contributed by atoms with E-state index < -0.39 is 23.9 Å². The zero-order valence-corrected chi connectivity index (χ0v) is 9.31. The van der Waals surface area contributed by atoms with Crippen LogP contribution in [0.3, 0.4) is 0 Å². The summed E-state index contributed by atoms with van der Waals surface area (Å²) in [5, 5.41) is 18.0. The van der Waals surface area contributed by atoms with E-state index >= 15 is 0 Å². The number of carboxylic acid groups (broad SMARTS) is 1. The SMILES string of the molecule is O=C(O)CCCC(O)c1ccc(C(F)(F)F)nc1. The van der Waals surface area contributed by atoms with Gasteiger partial charge in [-0.3, -0.25) is 9.78 Å². The summed E-state index contributed by atoms with van der Waals surface area (Å²) >= 11 is 0. The fraction of sp³-hybridized carbons (Fsp3) is 0.455. The molecule has 0 saturated heterocycles. The second-order valence-corrected chi connectivity index (χ2v) is 3.78. The van der Waals surface area contributed by atoms with E-state index in [-0.39, 0.29) is 24.8 Å². The molecule has 1 aromatic rings. The molecular weight excluding hydrogens is 251 g/mol. The first-order valence-corrected chi connectivity index (χ1v) is 5.23. The number of alkyl halides is 3. The normalized spacial score (nSPS) is 13.3. The van der Waals surface area contributed by atoms with Crippen LogP contribution in [0.25, 0.3) is 0 Å². The Morgan fingerprint density at radius 2 is 2.06 bits per heavy atom. The predicted molar refractivity (Wildman–Crippen MR) is 55.7 cm³/mol. The molecule has 1 atom stereocenters. The first-order valence-electron chi connectivity index (χ1n) is 5.23. The van der Waals surface area contributed by atoms with Crippen LogP contribution < -0.4 is 0 Å². The summed E-state index contributed by atoms with van der Waals surface area (Å²) in [6, 6.07) is 1.93. The summed E-state index contributed by atoms with van der Waals surface area (Å²) in [5.74, 6) is -0.979. The molecule has 1 rings (SSSR count). The second kappa shape index (κ2) is 5.81. The van der Waals surface area contributed by atoms with Gasteiger partial charge in [0.1, 0.15) is 5.69 Å². The summed E-state index contributed by atoms with van der Waals surface area (Å²) in [5.41, 5.74) is -0.780. The summed E-state index contributed by atoms with van der Waals surface area (Å²) in [6.45, 7) is 0. The third-order valence-corrected chi connectivity index (χ3v) is 2.33. The number of hydrogen-bond donors (Lipinski definition) is 2. The van der Waals surface area contributed by atoms with E-state index in [0.717, 1.165) is 18.3 Å². The molecule has 1 aromatic heterocycles. The number of aromatic nitrogens is 1. The molecule has 0 aromatic carbocycles. The van der Waals surface area contributed by atoms with Crippen molar-refractivity contribution in [2.24, 2.45) is 0 Å². The Kier molecular flexibility index (Phi) is 4.66. The van der Waals surface area contributed by atoms with Gasteiger partial charge >= 0.3 is 12.1 Å². The van der Waals surface area contributed by atoms with Gasteiger partial charge in [-0.25, -0.2) is 0 Å². The standard InChI is InChI=1S/C11H12F3NO3/c12-11(13,14)9-5-4-7(6-15-9)8(16)2-1-3-10(17)18/h4-6,8,16H,1-3H2,(H,17,18). The van der Waals surface area contributed by atoms with Gasteiger partial charge in [-0.2, -0.15) is 13.2 Å². The minimum absolute atomic E-state index is 0.0921. The van der Waals surface area contributed by atoms with E-state index in [2.05, 4.69) is 4.98 Å². The van der Waals surface area contributed by atoms with Crippen LogP contribution in [-0.4, -0.2) is 21.2 Å². The lowest BCUT2D eigenvalue weighted by molar-refractivity contribution is -0.141. The fourth-order valence-corrected chi connectivity index (χ4v) is 1.38. The number of carboxylic acids is 1. The Bertz CT molecular complexity index is 403. The van der Waals surface area contributed by atoms with Gasteiger partial charge in [0.05, 0.1) is 6.10 Å². The molecule has 4 nitrogen and oxygen atoms in total. The quantitative estimate of drug-likeness (QED) is 0.855. The van der Waals surface area contributed by atoms with Crippen molar-refractivity contribution >= 4 is 5.97 Å². The smallest absolute Gasteiger partial charge is 0.433 e. The summed E-state index contributed by atoms with van der Waals surface area (Å²) in [7, 11) is 0. The molecule has 0 saturated carbocycles. The molecule has 100 valence electrons. The van der Waals surface area contributed by atoms with Gasteiger partial charge in [0, 0.05) is 12.6 Å². The van der Waals surface area contributed by atoms with Crippen molar-refractivity contribution in [3.8, 4) is 0 Å². The van der Waals surface area contributed by atoms with E-state index in [1.807, 2.05) is 0 Å². The maximum atomic E-state index is 12.2. The second-order valence-electron chi connectivity index (χ2n) is 3.78. The number of aliphatic hydroxyl groups excluding tert-OH is 1. The van der Waals surface area contributed by atoms with Crippen LogP contribution in [0.1, 0.15) is 36.6 Å². The van der Waals surface area contributed by atoms with Gasteiger partial charge in [0.25, 0.3) is 0 Å². The van der Waals surface area contributed by atoms with Gasteiger partial charge in [0.15, 0.2) is 0 Å². The highest BCUT2D eigenvalue weighted by Crippen LogP contribution is 2.28. The topological polar surface area (TPSA) is 70.4 Å². The summed E-state index contributed by atoms with van der Waals surface area (Å²) < 4.78 is 36.7. The van der Waals surface area contributed by atoms with Crippen LogP contribution in [0.2, 0.25) is 0 Å². The predicted octanol–water partition coefficient (Wildman–Crippen LogP) is 2.39. The van der Waals surface area contributed by atoms with Gasteiger partial charge in [0.2, 0.25) is 0 Å². The van der Waals surface area contributed by atoms with Crippen LogP contribution in [0, 0.1) is 0 Å². The number of aliphatic hydroxyl groups is 1. The third-order valence-electron chi connectivity index (χ3n) is 2.33. The van der Waals surface area contributed by atoms with Crippen LogP contribution >= 0.6 is 0 Å². The minimum Gasteiger partial charge on any atom is -0.481 e. The average molecular weight is 263 g/mol. The zero-order chi connectivity index (χ0) is 13.8. The Balaban J connectivity index is 2.59. The lowest BCUT2D eigenvalue weighted by Gasteiger charge is -2.11. The molecule has 1 unspecified atom stereocenters. The Morgan fingerprint density at radius 1 is 1.39 bits per heavy atom. The van der Waals surface area contributed by atoms with Crippen molar-refractivity contribution in [2.75, 3.05) is 0 Å². The molecule has 1 heterocycles. The van der Waals surface area contributed by atoms with Crippen molar-refractivity contribution in [2.45, 2.75) is 31.5 Å². The average Bonchev–Trinajstić information content (AvgIpc) is 2.27. The fourth-order valence-electron chi connectivity index (χ4n) is 1.38. The molecule has 0 amide bonds. The summed E-state index contributed by atoms with van der Waals surface area (Å²) in [6.07, 6.45) is -4.23. The van der Waals surface area contributed by atoms with Crippen molar-refractivity contribution in [1.29, 1.82) is 0 Å². The van der Waals surface area contributed by atoms with E-state index in [1.54, 1.807) is 0 Å². The first kappa shape index (κ1) is 14.4. The molecule has 0 bridgehead atoms. The number of hydrogen-bond acceptors (Lipinski definition) is 3. The monoisotopic (exact) mass is 263 g/mol. The first-order chi connectivity index (χ1) is 8.30. The van der Waals surface area contributed by atoms with Crippen molar-refractivity contribution < 1.29 is 28.2 Å². The van der Waals surface area contributed by atoms with Crippen molar-refractivity contribution in [3.05, 3.63) is 29.6 Å². The molecule has 0 radical (unpaired) electrons. The number of nitrogens with zero attached hydrogens (tertiary/aromatic N) is 1. The molecule has 7 heteroatoms. The highest BCUT2D eigenvalue weighted by atomic mass is 19.4. The Morgan fingerprint density at radius 3 is 2.50 bits per heavy atom. The molecule has 0 aliphatic rings. The lowest BCUT2D eigenvalue weighted by Crippen LogP contribution is -2.08. The maximum Gasteiger partial charge on any atom is 0.433 e. The number of carbonyl (C=O) groups is 1. The van der Waals surface area contributed by atoms with Crippen LogP contribution in [-0.2, 0) is 11.0 Å². The molecular formula is C11H12F3NO3. The number of pyridine rings is 1. The highest BCUT2D eigenvalue weighted by molar-refractivity contribution is 5.66. The van der Waals surface area contributed by atoms with Crippen LogP contribution in [0.5, 0.6) is 0 Å². The third kappa shape index (κ3) is 4.33. The summed E-state index contributed by atoms with van der Waals surface area (Å²) in [4.78, 5) is 13.5. The molecule has 0 spiro atoms. The number of halogens is 3. The molecule has 0 fully saturated rings. The van der Waals surface area contributed by atoms with Gasteiger partial charge in [-0.1, -0.05) is 6.07 Å². The lowest BCUT2D eigenvalue weighted by atomic mass is 10.1. The molecule has 0 aliphatic carbocycles. The van der Waals surface area contributed by atoms with Gasteiger partial charge < -0.3 is 10.2 Å². The van der Waals surface area contributed by atoms with Gasteiger partial charge in [-0.15, -0.1) is 0 Å². The zero-order valence-electron chi connectivity index (χ0n) is 9.31. The molecule has 2 N–H and O–H groups in total. The Hall–Kier alpha value is -1.63. The maximum absolute atomic E-state index is 12.2. The van der Waals surface area contributed by atoms with E-state index in [1.165, 1.54) is 0 Å². The van der Waals surface area contributed by atoms with E-state index in [0.29, 0.717) is 0 Å². The number of aliphatic carboxylic acids is 1. The molecule has 18 heavy (non-hydrogen) atoms. The van der Waals surface area contributed by atoms with E-state index in [4.69, 9.17) is 5.11 Å². The van der Waals surface area contributed by atoms with Crippen molar-refractivity contribution in [1.82, 2.24) is 4.98 Å². The highest BCUT2D eigenvalue weighted by Gasteiger charge is 2.32.